The number of sulfonamides is 1. The summed E-state index contributed by atoms with van der Waals surface area (Å²) in [7, 11) is -2.57. The van der Waals surface area contributed by atoms with Gasteiger partial charge in [0.1, 0.15) is 12.6 Å². The first kappa shape index (κ1) is 27.4. The van der Waals surface area contributed by atoms with E-state index in [-0.39, 0.29) is 17.3 Å². The second-order valence-electron chi connectivity index (χ2n) is 8.55. The minimum Gasteiger partial charge on any atom is -0.357 e. The molecule has 0 heterocycles. The average Bonchev–Trinajstić information content (AvgIpc) is 2.87. The standard InChI is InChI=1S/C27H30BrN3O4S/c1-19-10-11-20(2)25(16-19)31(36(34,35)24-8-6-5-7-9-24)18-26(32)30(21(3)27(33)29-4)17-22-12-14-23(28)15-13-22/h5-16,21H,17-18H2,1-4H3,(H,29,33). The van der Waals surface area contributed by atoms with E-state index >= 15 is 0 Å². The minimum atomic E-state index is -4.07. The first-order valence-corrected chi connectivity index (χ1v) is 13.7. The number of halogens is 1. The SMILES string of the molecule is CNC(=O)C(C)N(Cc1ccc(Br)cc1)C(=O)CN(c1cc(C)ccc1C)S(=O)(=O)c1ccccc1. The van der Waals surface area contributed by atoms with Crippen LogP contribution in [0.3, 0.4) is 0 Å². The third-order valence-corrected chi connectivity index (χ3v) is 8.23. The molecule has 1 unspecified atom stereocenters. The number of carbonyl (C=O) groups is 2. The van der Waals surface area contributed by atoms with Gasteiger partial charge in [-0.15, -0.1) is 0 Å². The first-order chi connectivity index (χ1) is 17.0. The van der Waals surface area contributed by atoms with Crippen molar-refractivity contribution in [3.8, 4) is 0 Å². The molecule has 7 nitrogen and oxygen atoms in total. The van der Waals surface area contributed by atoms with Crippen LogP contribution in [0.1, 0.15) is 23.6 Å². The van der Waals surface area contributed by atoms with Crippen molar-refractivity contribution in [2.75, 3.05) is 17.9 Å². The quantitative estimate of drug-likeness (QED) is 0.411. The molecule has 0 bridgehead atoms. The van der Waals surface area contributed by atoms with Gasteiger partial charge in [0.25, 0.3) is 10.0 Å². The molecular formula is C27H30BrN3O4S. The van der Waals surface area contributed by atoms with Gasteiger partial charge < -0.3 is 10.2 Å². The lowest BCUT2D eigenvalue weighted by molar-refractivity contribution is -0.139. The molecule has 3 rings (SSSR count). The van der Waals surface area contributed by atoms with Crippen LogP contribution in [-0.4, -0.2) is 44.8 Å². The highest BCUT2D eigenvalue weighted by molar-refractivity contribution is 9.10. The van der Waals surface area contributed by atoms with Gasteiger partial charge in [-0.2, -0.15) is 0 Å². The number of benzene rings is 3. The molecule has 0 aliphatic heterocycles. The molecule has 9 heteroatoms. The summed E-state index contributed by atoms with van der Waals surface area (Å²) < 4.78 is 29.6. The molecule has 2 amide bonds. The fourth-order valence-corrected chi connectivity index (χ4v) is 5.56. The van der Waals surface area contributed by atoms with Gasteiger partial charge in [0.15, 0.2) is 0 Å². The fourth-order valence-electron chi connectivity index (χ4n) is 3.80. The van der Waals surface area contributed by atoms with Gasteiger partial charge in [-0.3, -0.25) is 13.9 Å². The van der Waals surface area contributed by atoms with Crippen LogP contribution in [0, 0.1) is 13.8 Å². The molecule has 0 aliphatic carbocycles. The van der Waals surface area contributed by atoms with Crippen LogP contribution in [0.2, 0.25) is 0 Å². The monoisotopic (exact) mass is 571 g/mol. The Morgan fingerprint density at radius 1 is 0.972 bits per heavy atom. The van der Waals surface area contributed by atoms with Crippen molar-refractivity contribution in [2.24, 2.45) is 0 Å². The van der Waals surface area contributed by atoms with E-state index in [0.717, 1.165) is 19.9 Å². The second-order valence-corrected chi connectivity index (χ2v) is 11.3. The van der Waals surface area contributed by atoms with Crippen molar-refractivity contribution >= 4 is 43.5 Å². The predicted molar refractivity (Wildman–Crippen MR) is 145 cm³/mol. The third-order valence-electron chi connectivity index (χ3n) is 5.92. The van der Waals surface area contributed by atoms with E-state index < -0.39 is 28.5 Å². The summed E-state index contributed by atoms with van der Waals surface area (Å²) in [5, 5.41) is 2.58. The van der Waals surface area contributed by atoms with Crippen LogP contribution < -0.4 is 9.62 Å². The lowest BCUT2D eigenvalue weighted by Gasteiger charge is -2.32. The summed E-state index contributed by atoms with van der Waals surface area (Å²) in [5.74, 6) is -0.834. The summed E-state index contributed by atoms with van der Waals surface area (Å²) in [6, 6.07) is 20.1. The van der Waals surface area contributed by atoms with Gasteiger partial charge in [-0.25, -0.2) is 8.42 Å². The number of amides is 2. The molecule has 0 fully saturated rings. The molecule has 36 heavy (non-hydrogen) atoms. The number of rotatable bonds is 9. The molecule has 3 aromatic carbocycles. The Morgan fingerprint density at radius 2 is 1.61 bits per heavy atom. The lowest BCUT2D eigenvalue weighted by Crippen LogP contribution is -2.50. The summed E-state index contributed by atoms with van der Waals surface area (Å²) in [5.41, 5.74) is 2.81. The first-order valence-electron chi connectivity index (χ1n) is 11.4. The Hall–Kier alpha value is -3.17. The topological polar surface area (TPSA) is 86.8 Å². The van der Waals surface area contributed by atoms with Gasteiger partial charge in [0.2, 0.25) is 11.8 Å². The second kappa shape index (κ2) is 11.7. The van der Waals surface area contributed by atoms with Crippen molar-refractivity contribution in [1.29, 1.82) is 0 Å². The van der Waals surface area contributed by atoms with E-state index in [1.807, 2.05) is 43.3 Å². The summed E-state index contributed by atoms with van der Waals surface area (Å²) in [6.45, 7) is 4.99. The Bertz CT molecular complexity index is 1330. The highest BCUT2D eigenvalue weighted by Gasteiger charge is 2.32. The maximum absolute atomic E-state index is 13.8. The van der Waals surface area contributed by atoms with E-state index in [2.05, 4.69) is 21.2 Å². The van der Waals surface area contributed by atoms with Crippen LogP contribution in [0.4, 0.5) is 5.69 Å². The molecule has 0 aliphatic rings. The molecule has 3 aromatic rings. The van der Waals surface area contributed by atoms with E-state index in [1.165, 1.54) is 24.1 Å². The molecule has 0 spiro atoms. The van der Waals surface area contributed by atoms with Crippen molar-refractivity contribution < 1.29 is 18.0 Å². The Balaban J connectivity index is 2.06. The molecule has 0 saturated carbocycles. The summed E-state index contributed by atoms with van der Waals surface area (Å²) in [6.07, 6.45) is 0. The van der Waals surface area contributed by atoms with Crippen LogP contribution in [0.5, 0.6) is 0 Å². The van der Waals surface area contributed by atoms with Gasteiger partial charge in [0.05, 0.1) is 10.6 Å². The van der Waals surface area contributed by atoms with E-state index in [0.29, 0.717) is 11.3 Å². The molecule has 0 aromatic heterocycles. The Kier molecular flexibility index (Phi) is 8.92. The summed E-state index contributed by atoms with van der Waals surface area (Å²) in [4.78, 5) is 27.8. The highest BCUT2D eigenvalue weighted by Crippen LogP contribution is 2.28. The number of carbonyl (C=O) groups excluding carboxylic acids is 2. The zero-order valence-corrected chi connectivity index (χ0v) is 23.1. The van der Waals surface area contributed by atoms with Gasteiger partial charge in [-0.1, -0.05) is 58.4 Å². The van der Waals surface area contributed by atoms with Crippen molar-refractivity contribution in [3.05, 3.63) is 94.0 Å². The smallest absolute Gasteiger partial charge is 0.264 e. The number of hydrogen-bond acceptors (Lipinski definition) is 4. The summed E-state index contributed by atoms with van der Waals surface area (Å²) >= 11 is 3.40. The molecule has 1 N–H and O–H groups in total. The van der Waals surface area contributed by atoms with E-state index in [9.17, 15) is 18.0 Å². The molecule has 190 valence electrons. The molecule has 0 saturated heterocycles. The largest absolute Gasteiger partial charge is 0.357 e. The molecule has 1 atom stereocenters. The van der Waals surface area contributed by atoms with Crippen molar-refractivity contribution in [3.63, 3.8) is 0 Å². The molecular weight excluding hydrogens is 542 g/mol. The van der Waals surface area contributed by atoms with Crippen LogP contribution >= 0.6 is 15.9 Å². The lowest BCUT2D eigenvalue weighted by atomic mass is 10.1. The Labute approximate surface area is 221 Å². The number of likely N-dealkylation sites (N-methyl/N-ethyl adjacent to an activating group) is 1. The Morgan fingerprint density at radius 3 is 2.22 bits per heavy atom. The predicted octanol–water partition coefficient (Wildman–Crippen LogP) is 4.42. The van der Waals surface area contributed by atoms with Gasteiger partial charge in [-0.05, 0) is 67.8 Å². The zero-order chi connectivity index (χ0) is 26.5. The third kappa shape index (κ3) is 6.33. The number of hydrogen-bond donors (Lipinski definition) is 1. The minimum absolute atomic E-state index is 0.0810. The van der Waals surface area contributed by atoms with Crippen molar-refractivity contribution in [1.82, 2.24) is 10.2 Å². The number of anilines is 1. The van der Waals surface area contributed by atoms with E-state index in [4.69, 9.17) is 0 Å². The molecule has 0 radical (unpaired) electrons. The number of aryl methyl sites for hydroxylation is 2. The highest BCUT2D eigenvalue weighted by atomic mass is 79.9. The van der Waals surface area contributed by atoms with Crippen molar-refractivity contribution in [2.45, 2.75) is 38.3 Å². The van der Waals surface area contributed by atoms with E-state index in [1.54, 1.807) is 38.1 Å². The number of nitrogens with one attached hydrogen (secondary N) is 1. The fraction of sp³-hybridized carbons (Fsp3) is 0.259. The van der Waals surface area contributed by atoms with Crippen LogP contribution in [0.25, 0.3) is 0 Å². The number of nitrogens with zero attached hydrogens (tertiary/aromatic N) is 2. The maximum Gasteiger partial charge on any atom is 0.264 e. The zero-order valence-electron chi connectivity index (χ0n) is 20.7. The normalized spacial score (nSPS) is 12.0. The average molecular weight is 573 g/mol. The van der Waals surface area contributed by atoms with Crippen LogP contribution in [0.15, 0.2) is 82.2 Å². The van der Waals surface area contributed by atoms with Gasteiger partial charge >= 0.3 is 0 Å². The van der Waals surface area contributed by atoms with Gasteiger partial charge in [0, 0.05) is 18.1 Å². The maximum atomic E-state index is 13.8. The van der Waals surface area contributed by atoms with Crippen LogP contribution in [-0.2, 0) is 26.2 Å².